The second-order valence-corrected chi connectivity index (χ2v) is 8.66. The van der Waals surface area contributed by atoms with Crippen molar-refractivity contribution in [2.45, 2.75) is 31.1 Å². The van der Waals surface area contributed by atoms with Crippen LogP contribution in [-0.2, 0) is 19.6 Å². The number of nitrogens with zero attached hydrogens (tertiary/aromatic N) is 1. The Labute approximate surface area is 160 Å². The lowest BCUT2D eigenvalue weighted by Gasteiger charge is -2.26. The van der Waals surface area contributed by atoms with Crippen molar-refractivity contribution in [3.8, 4) is 0 Å². The van der Waals surface area contributed by atoms with Crippen molar-refractivity contribution < 1.29 is 17.9 Å². The predicted octanol–water partition coefficient (Wildman–Crippen LogP) is 2.43. The molecule has 1 unspecified atom stereocenters. The number of hydrogen-bond acceptors (Lipinski definition) is 5. The first-order valence-corrected chi connectivity index (χ1v) is 10.9. The monoisotopic (exact) mass is 393 g/mol. The summed E-state index contributed by atoms with van der Waals surface area (Å²) in [6.45, 7) is 4.10. The Hall–Kier alpha value is -1.90. The molecule has 1 aromatic rings. The van der Waals surface area contributed by atoms with E-state index in [1.54, 1.807) is 18.2 Å². The van der Waals surface area contributed by atoms with Crippen molar-refractivity contribution >= 4 is 27.3 Å². The Morgan fingerprint density at radius 1 is 1.22 bits per heavy atom. The van der Waals surface area contributed by atoms with E-state index in [9.17, 15) is 13.2 Å². The van der Waals surface area contributed by atoms with Crippen molar-refractivity contribution in [2.24, 2.45) is 5.92 Å². The average Bonchev–Trinajstić information content (AvgIpc) is 2.70. The van der Waals surface area contributed by atoms with Gasteiger partial charge in [0.05, 0.1) is 29.5 Å². The van der Waals surface area contributed by atoms with E-state index < -0.39 is 10.0 Å². The number of ether oxygens (including phenoxy) is 1. The van der Waals surface area contributed by atoms with Gasteiger partial charge in [-0.3, -0.25) is 4.79 Å². The van der Waals surface area contributed by atoms with Gasteiger partial charge in [0.25, 0.3) is 0 Å². The fourth-order valence-electron chi connectivity index (χ4n) is 3.33. The number of morpholine rings is 1. The normalized spacial score (nSPS) is 21.0. The Kier molecular flexibility index (Phi) is 6.51. The molecule has 0 radical (unpaired) electrons. The maximum absolute atomic E-state index is 12.9. The summed E-state index contributed by atoms with van der Waals surface area (Å²) in [5.41, 5.74) is 1.23. The van der Waals surface area contributed by atoms with Crippen molar-refractivity contribution in [1.29, 1.82) is 0 Å². The van der Waals surface area contributed by atoms with Crippen LogP contribution < -0.4 is 10.6 Å². The zero-order chi connectivity index (χ0) is 19.3. The van der Waals surface area contributed by atoms with Gasteiger partial charge in [-0.25, -0.2) is 8.42 Å². The molecule has 2 N–H and O–H groups in total. The van der Waals surface area contributed by atoms with E-state index in [-0.39, 0.29) is 16.7 Å². The van der Waals surface area contributed by atoms with Gasteiger partial charge in [-0.05, 0) is 44.4 Å². The van der Waals surface area contributed by atoms with Gasteiger partial charge in [0, 0.05) is 25.6 Å². The van der Waals surface area contributed by atoms with Gasteiger partial charge in [-0.1, -0.05) is 12.2 Å². The van der Waals surface area contributed by atoms with Crippen LogP contribution in [0.3, 0.4) is 0 Å². The molecule has 1 saturated heterocycles. The lowest BCUT2D eigenvalue weighted by Crippen LogP contribution is -2.40. The number of anilines is 2. The summed E-state index contributed by atoms with van der Waals surface area (Å²) in [5.74, 6) is -0.150. The zero-order valence-electron chi connectivity index (χ0n) is 15.6. The molecule has 27 heavy (non-hydrogen) atoms. The van der Waals surface area contributed by atoms with E-state index in [0.717, 1.165) is 18.5 Å². The SMILES string of the molecule is CCNc1ccc(S(=O)(=O)N2CCOCC2)cc1NC(=O)C1CC=CCC1. The molecule has 1 atom stereocenters. The van der Waals surface area contributed by atoms with Gasteiger partial charge in [0.1, 0.15) is 0 Å². The molecule has 2 aliphatic rings. The van der Waals surface area contributed by atoms with Crippen LogP contribution in [0.15, 0.2) is 35.2 Å². The van der Waals surface area contributed by atoms with E-state index in [4.69, 9.17) is 4.74 Å². The van der Waals surface area contributed by atoms with Gasteiger partial charge in [-0.15, -0.1) is 0 Å². The molecule has 3 rings (SSSR count). The molecule has 148 valence electrons. The molecule has 0 spiro atoms. The van der Waals surface area contributed by atoms with Crippen LogP contribution in [0.4, 0.5) is 11.4 Å². The van der Waals surface area contributed by atoms with Crippen molar-refractivity contribution in [3.05, 3.63) is 30.4 Å². The van der Waals surface area contributed by atoms with E-state index >= 15 is 0 Å². The Balaban J connectivity index is 1.85. The summed E-state index contributed by atoms with van der Waals surface area (Å²) in [5, 5.41) is 6.12. The minimum Gasteiger partial charge on any atom is -0.384 e. The van der Waals surface area contributed by atoms with Crippen LogP contribution in [0.25, 0.3) is 0 Å². The van der Waals surface area contributed by atoms with Crippen LogP contribution in [0.1, 0.15) is 26.2 Å². The summed E-state index contributed by atoms with van der Waals surface area (Å²) in [6.07, 6.45) is 6.53. The highest BCUT2D eigenvalue weighted by molar-refractivity contribution is 7.89. The maximum atomic E-state index is 12.9. The van der Waals surface area contributed by atoms with Gasteiger partial charge in [0.2, 0.25) is 15.9 Å². The average molecular weight is 394 g/mol. The predicted molar refractivity (Wildman–Crippen MR) is 105 cm³/mol. The second kappa shape index (κ2) is 8.86. The van der Waals surface area contributed by atoms with Crippen molar-refractivity contribution in [3.63, 3.8) is 0 Å². The molecule has 7 nitrogen and oxygen atoms in total. The van der Waals surface area contributed by atoms with Crippen LogP contribution in [0.5, 0.6) is 0 Å². The summed E-state index contributed by atoms with van der Waals surface area (Å²) in [4.78, 5) is 12.8. The van der Waals surface area contributed by atoms with Crippen LogP contribution in [0, 0.1) is 5.92 Å². The summed E-state index contributed by atoms with van der Waals surface area (Å²) >= 11 is 0. The first-order valence-electron chi connectivity index (χ1n) is 9.44. The Bertz CT molecular complexity index is 801. The maximum Gasteiger partial charge on any atom is 0.243 e. The third kappa shape index (κ3) is 4.69. The standard InChI is InChI=1S/C19H27N3O4S/c1-2-20-17-9-8-16(27(24,25)22-10-12-26-13-11-22)14-18(17)21-19(23)15-6-4-3-5-7-15/h3-4,8-9,14-15,20H,2,5-7,10-13H2,1H3,(H,21,23). The van der Waals surface area contributed by atoms with Gasteiger partial charge in [-0.2, -0.15) is 4.31 Å². The number of carbonyl (C=O) groups is 1. The lowest BCUT2D eigenvalue weighted by atomic mass is 9.93. The van der Waals surface area contributed by atoms with Gasteiger partial charge >= 0.3 is 0 Å². The molecular weight excluding hydrogens is 366 g/mol. The van der Waals surface area contributed by atoms with Gasteiger partial charge in [0.15, 0.2) is 0 Å². The first-order chi connectivity index (χ1) is 13.0. The minimum absolute atomic E-state index is 0.0700. The van der Waals surface area contributed by atoms with E-state index in [2.05, 4.69) is 16.7 Å². The smallest absolute Gasteiger partial charge is 0.243 e. The molecule has 1 aromatic carbocycles. The molecular formula is C19H27N3O4S. The van der Waals surface area contributed by atoms with E-state index in [1.807, 2.05) is 13.0 Å². The quantitative estimate of drug-likeness (QED) is 0.725. The summed E-state index contributed by atoms with van der Waals surface area (Å²) in [7, 11) is -3.61. The molecule has 1 amide bonds. The molecule has 0 bridgehead atoms. The largest absolute Gasteiger partial charge is 0.384 e. The minimum atomic E-state index is -3.61. The Morgan fingerprint density at radius 2 is 2.00 bits per heavy atom. The highest BCUT2D eigenvalue weighted by Crippen LogP contribution is 2.29. The first kappa shape index (κ1) is 19.9. The highest BCUT2D eigenvalue weighted by atomic mass is 32.2. The number of sulfonamides is 1. The fraction of sp³-hybridized carbons (Fsp3) is 0.526. The number of amides is 1. The summed E-state index contributed by atoms with van der Waals surface area (Å²) < 4.78 is 32.5. The number of rotatable bonds is 6. The second-order valence-electron chi connectivity index (χ2n) is 6.72. The number of benzene rings is 1. The molecule has 1 heterocycles. The number of nitrogens with one attached hydrogen (secondary N) is 2. The number of carbonyl (C=O) groups excluding carboxylic acids is 1. The lowest BCUT2D eigenvalue weighted by molar-refractivity contribution is -0.120. The zero-order valence-corrected chi connectivity index (χ0v) is 16.4. The summed E-state index contributed by atoms with van der Waals surface area (Å²) in [6, 6.07) is 4.86. The Morgan fingerprint density at radius 3 is 2.67 bits per heavy atom. The molecule has 1 aliphatic heterocycles. The topological polar surface area (TPSA) is 87.7 Å². The molecule has 0 aromatic heterocycles. The van der Waals surface area contributed by atoms with Crippen molar-refractivity contribution in [2.75, 3.05) is 43.5 Å². The molecule has 8 heteroatoms. The molecule has 1 aliphatic carbocycles. The number of hydrogen-bond donors (Lipinski definition) is 2. The van der Waals surface area contributed by atoms with Crippen LogP contribution in [0.2, 0.25) is 0 Å². The van der Waals surface area contributed by atoms with E-state index in [1.165, 1.54) is 4.31 Å². The van der Waals surface area contributed by atoms with Crippen LogP contribution in [-0.4, -0.2) is 51.5 Å². The fourth-order valence-corrected chi connectivity index (χ4v) is 4.77. The van der Waals surface area contributed by atoms with Crippen molar-refractivity contribution in [1.82, 2.24) is 4.31 Å². The number of allylic oxidation sites excluding steroid dienone is 2. The third-order valence-electron chi connectivity index (χ3n) is 4.86. The van der Waals surface area contributed by atoms with E-state index in [0.29, 0.717) is 45.0 Å². The highest BCUT2D eigenvalue weighted by Gasteiger charge is 2.27. The van der Waals surface area contributed by atoms with Crippen LogP contribution >= 0.6 is 0 Å². The molecule has 0 saturated carbocycles. The third-order valence-corrected chi connectivity index (χ3v) is 6.76. The molecule has 1 fully saturated rings. The van der Waals surface area contributed by atoms with Gasteiger partial charge < -0.3 is 15.4 Å².